The Morgan fingerprint density at radius 2 is 1.70 bits per heavy atom. The number of methoxy groups -OCH3 is 1. The number of rotatable bonds is 11. The maximum atomic E-state index is 5.22. The first kappa shape index (κ1) is 26.0. The number of benzene rings is 1. The molecule has 5 nitrogen and oxygen atoms in total. The van der Waals surface area contributed by atoms with Gasteiger partial charge in [-0.1, -0.05) is 19.1 Å². The van der Waals surface area contributed by atoms with Gasteiger partial charge < -0.3 is 20.3 Å². The lowest BCUT2D eigenvalue weighted by atomic mass is 9.98. The first-order valence-electron chi connectivity index (χ1n) is 9.76. The van der Waals surface area contributed by atoms with Crippen molar-refractivity contribution in [3.63, 3.8) is 0 Å². The van der Waals surface area contributed by atoms with Crippen LogP contribution in [-0.2, 0) is 0 Å². The average molecular weight is 490 g/mol. The Hall–Kier alpha value is -1.02. The zero-order valence-electron chi connectivity index (χ0n) is 17.9. The third-order valence-corrected chi connectivity index (χ3v) is 4.89. The number of hydrogen-bond donors (Lipinski definition) is 2. The van der Waals surface area contributed by atoms with Gasteiger partial charge in [0, 0.05) is 26.2 Å². The van der Waals surface area contributed by atoms with E-state index in [4.69, 9.17) is 4.74 Å². The maximum Gasteiger partial charge on any atom is 0.190 e. The fourth-order valence-corrected chi connectivity index (χ4v) is 2.68. The van der Waals surface area contributed by atoms with Gasteiger partial charge in [0.2, 0.25) is 0 Å². The van der Waals surface area contributed by atoms with Gasteiger partial charge in [0.1, 0.15) is 5.75 Å². The largest absolute Gasteiger partial charge is 0.497 e. The van der Waals surface area contributed by atoms with Crippen molar-refractivity contribution >= 4 is 29.9 Å². The standard InChI is InChI=1S/C21H38N4O.HI/c1-17(2)25(5)16-8-7-14-23-21(22-4)24-15-13-18(3)19-9-11-20(26-6)12-10-19;/h9-12,17-18H,7-8,13-16H2,1-6H3,(H2,22,23,24);1H. The zero-order valence-corrected chi connectivity index (χ0v) is 20.2. The molecule has 0 aliphatic carbocycles. The number of ether oxygens (including phenoxy) is 1. The summed E-state index contributed by atoms with van der Waals surface area (Å²) in [4.78, 5) is 6.69. The molecule has 1 atom stereocenters. The van der Waals surface area contributed by atoms with Crippen molar-refractivity contribution in [1.82, 2.24) is 15.5 Å². The van der Waals surface area contributed by atoms with Crippen LogP contribution in [-0.4, -0.2) is 57.7 Å². The highest BCUT2D eigenvalue weighted by molar-refractivity contribution is 14.0. The average Bonchev–Trinajstić information content (AvgIpc) is 2.65. The van der Waals surface area contributed by atoms with Crippen LogP contribution in [0.1, 0.15) is 51.5 Å². The normalized spacial score (nSPS) is 12.7. The van der Waals surface area contributed by atoms with Gasteiger partial charge in [-0.15, -0.1) is 24.0 Å². The molecule has 156 valence electrons. The molecule has 0 bridgehead atoms. The number of aliphatic imine (C=N–C) groups is 1. The lowest BCUT2D eigenvalue weighted by molar-refractivity contribution is 0.268. The van der Waals surface area contributed by atoms with Crippen LogP contribution < -0.4 is 15.4 Å². The van der Waals surface area contributed by atoms with Crippen molar-refractivity contribution in [3.05, 3.63) is 29.8 Å². The van der Waals surface area contributed by atoms with Crippen molar-refractivity contribution < 1.29 is 4.74 Å². The van der Waals surface area contributed by atoms with E-state index in [1.807, 2.05) is 19.2 Å². The fourth-order valence-electron chi connectivity index (χ4n) is 2.68. The maximum absolute atomic E-state index is 5.22. The molecule has 0 saturated heterocycles. The molecule has 0 spiro atoms. The highest BCUT2D eigenvalue weighted by Crippen LogP contribution is 2.21. The second kappa shape index (κ2) is 15.0. The Labute approximate surface area is 183 Å². The summed E-state index contributed by atoms with van der Waals surface area (Å²) < 4.78 is 5.22. The van der Waals surface area contributed by atoms with Gasteiger partial charge in [0.15, 0.2) is 5.96 Å². The third kappa shape index (κ3) is 10.8. The summed E-state index contributed by atoms with van der Waals surface area (Å²) in [5.74, 6) is 2.30. The minimum atomic E-state index is 0. The highest BCUT2D eigenvalue weighted by Gasteiger charge is 2.06. The third-order valence-electron chi connectivity index (χ3n) is 4.89. The summed E-state index contributed by atoms with van der Waals surface area (Å²) >= 11 is 0. The van der Waals surface area contributed by atoms with E-state index >= 15 is 0 Å². The van der Waals surface area contributed by atoms with Gasteiger partial charge in [-0.2, -0.15) is 0 Å². The highest BCUT2D eigenvalue weighted by atomic mass is 127. The van der Waals surface area contributed by atoms with Crippen LogP contribution in [0.3, 0.4) is 0 Å². The van der Waals surface area contributed by atoms with Gasteiger partial charge in [-0.25, -0.2) is 0 Å². The predicted octanol–water partition coefficient (Wildman–Crippen LogP) is 4.09. The van der Waals surface area contributed by atoms with Gasteiger partial charge in [0.05, 0.1) is 7.11 Å². The Bertz CT molecular complexity index is 519. The molecule has 1 rings (SSSR count). The van der Waals surface area contributed by atoms with Gasteiger partial charge in [-0.05, 0) is 70.3 Å². The van der Waals surface area contributed by atoms with E-state index in [1.54, 1.807) is 7.11 Å². The van der Waals surface area contributed by atoms with Crippen LogP contribution in [0.15, 0.2) is 29.3 Å². The van der Waals surface area contributed by atoms with Crippen molar-refractivity contribution in [1.29, 1.82) is 0 Å². The molecule has 0 radical (unpaired) electrons. The SMILES string of the molecule is CN=C(NCCCCN(C)C(C)C)NCCC(C)c1ccc(OC)cc1.I. The van der Waals surface area contributed by atoms with Crippen LogP contribution in [0.4, 0.5) is 0 Å². The van der Waals surface area contributed by atoms with Crippen LogP contribution in [0.2, 0.25) is 0 Å². The number of unbranched alkanes of at least 4 members (excludes halogenated alkanes) is 1. The number of nitrogens with zero attached hydrogens (tertiary/aromatic N) is 2. The molecule has 0 aliphatic heterocycles. The smallest absolute Gasteiger partial charge is 0.190 e. The summed E-state index contributed by atoms with van der Waals surface area (Å²) in [7, 11) is 5.71. The van der Waals surface area contributed by atoms with E-state index in [9.17, 15) is 0 Å². The van der Waals surface area contributed by atoms with Crippen molar-refractivity contribution in [3.8, 4) is 5.75 Å². The van der Waals surface area contributed by atoms with Gasteiger partial charge in [-0.3, -0.25) is 4.99 Å². The quantitative estimate of drug-likeness (QED) is 0.212. The summed E-state index contributed by atoms with van der Waals surface area (Å²) in [5, 5.41) is 6.82. The lowest BCUT2D eigenvalue weighted by Gasteiger charge is -2.20. The van der Waals surface area contributed by atoms with E-state index < -0.39 is 0 Å². The van der Waals surface area contributed by atoms with Crippen molar-refractivity contribution in [2.24, 2.45) is 4.99 Å². The van der Waals surface area contributed by atoms with Crippen molar-refractivity contribution in [2.75, 3.05) is 40.8 Å². The van der Waals surface area contributed by atoms with Crippen LogP contribution >= 0.6 is 24.0 Å². The van der Waals surface area contributed by atoms with E-state index in [-0.39, 0.29) is 24.0 Å². The van der Waals surface area contributed by atoms with E-state index in [2.05, 4.69) is 60.5 Å². The second-order valence-electron chi connectivity index (χ2n) is 7.17. The minimum absolute atomic E-state index is 0. The first-order chi connectivity index (χ1) is 12.5. The first-order valence-corrected chi connectivity index (χ1v) is 9.76. The summed E-state index contributed by atoms with van der Waals surface area (Å²) in [6.07, 6.45) is 3.42. The molecule has 2 N–H and O–H groups in total. The molecule has 1 aromatic rings. The number of halogens is 1. The Kier molecular flexibility index (Phi) is 14.4. The van der Waals surface area contributed by atoms with Crippen LogP contribution in [0, 0.1) is 0 Å². The number of guanidine groups is 1. The summed E-state index contributed by atoms with van der Waals surface area (Å²) in [5.41, 5.74) is 1.34. The molecule has 27 heavy (non-hydrogen) atoms. The number of nitrogens with one attached hydrogen (secondary N) is 2. The zero-order chi connectivity index (χ0) is 19.4. The van der Waals surface area contributed by atoms with Gasteiger partial charge >= 0.3 is 0 Å². The molecular formula is C21H39IN4O. The van der Waals surface area contributed by atoms with Crippen molar-refractivity contribution in [2.45, 2.75) is 52.0 Å². The van der Waals surface area contributed by atoms with E-state index in [1.165, 1.54) is 12.0 Å². The van der Waals surface area contributed by atoms with Crippen LogP contribution in [0.25, 0.3) is 0 Å². The Morgan fingerprint density at radius 1 is 1.07 bits per heavy atom. The molecular weight excluding hydrogens is 451 g/mol. The molecule has 0 aliphatic rings. The topological polar surface area (TPSA) is 48.9 Å². The van der Waals surface area contributed by atoms with Crippen LogP contribution in [0.5, 0.6) is 5.75 Å². The lowest BCUT2D eigenvalue weighted by Crippen LogP contribution is -2.38. The summed E-state index contributed by atoms with van der Waals surface area (Å²) in [6.45, 7) is 9.73. The predicted molar refractivity (Wildman–Crippen MR) is 128 cm³/mol. The second-order valence-corrected chi connectivity index (χ2v) is 7.17. The van der Waals surface area contributed by atoms with E-state index in [0.29, 0.717) is 12.0 Å². The van der Waals surface area contributed by atoms with E-state index in [0.717, 1.165) is 44.2 Å². The monoisotopic (exact) mass is 490 g/mol. The minimum Gasteiger partial charge on any atom is -0.497 e. The molecule has 0 amide bonds. The Balaban J connectivity index is 0.00000676. The molecule has 0 heterocycles. The molecule has 1 unspecified atom stereocenters. The molecule has 0 aromatic heterocycles. The fraction of sp³-hybridized carbons (Fsp3) is 0.667. The molecule has 0 fully saturated rings. The number of hydrogen-bond acceptors (Lipinski definition) is 3. The molecule has 0 saturated carbocycles. The summed E-state index contributed by atoms with van der Waals surface area (Å²) in [6, 6.07) is 8.95. The Morgan fingerprint density at radius 3 is 2.26 bits per heavy atom. The molecule has 1 aromatic carbocycles. The molecule has 6 heteroatoms. The van der Waals surface area contributed by atoms with Gasteiger partial charge in [0.25, 0.3) is 0 Å².